The molecular formula is C9H10BrClO2. The van der Waals surface area contributed by atoms with Gasteiger partial charge in [0.1, 0.15) is 11.5 Å². The van der Waals surface area contributed by atoms with Crippen molar-refractivity contribution in [1.82, 2.24) is 0 Å². The third-order valence-corrected chi connectivity index (χ3v) is 3.44. The highest BCUT2D eigenvalue weighted by atomic mass is 79.9. The van der Waals surface area contributed by atoms with E-state index < -0.39 is 0 Å². The second-order valence-electron chi connectivity index (χ2n) is 2.76. The van der Waals surface area contributed by atoms with Gasteiger partial charge in [0.2, 0.25) is 0 Å². The maximum Gasteiger partial charge on any atom is 0.137 e. The van der Waals surface area contributed by atoms with Crippen LogP contribution in [0.4, 0.5) is 0 Å². The molecule has 0 amide bonds. The van der Waals surface area contributed by atoms with Gasteiger partial charge in [0.25, 0.3) is 0 Å². The Kier molecular flexibility index (Phi) is 3.09. The second-order valence-corrected chi connectivity index (χ2v) is 3.93. The zero-order valence-electron chi connectivity index (χ0n) is 7.61. The third-order valence-electron chi connectivity index (χ3n) is 1.97. The van der Waals surface area contributed by atoms with Gasteiger partial charge in [-0.15, -0.1) is 0 Å². The fourth-order valence-corrected chi connectivity index (χ4v) is 2.00. The summed E-state index contributed by atoms with van der Waals surface area (Å²) in [6.07, 6.45) is 0. The molecule has 1 N–H and O–H groups in total. The van der Waals surface area contributed by atoms with Crippen LogP contribution >= 0.6 is 27.5 Å². The summed E-state index contributed by atoms with van der Waals surface area (Å²) in [5, 5.41) is 10.1. The summed E-state index contributed by atoms with van der Waals surface area (Å²) in [4.78, 5) is 0. The van der Waals surface area contributed by atoms with Gasteiger partial charge in [-0.05, 0) is 29.8 Å². The lowest BCUT2D eigenvalue weighted by molar-refractivity contribution is 0.399. The van der Waals surface area contributed by atoms with Gasteiger partial charge in [-0.2, -0.15) is 0 Å². The molecule has 0 unspecified atom stereocenters. The first-order valence-corrected chi connectivity index (χ1v) is 4.88. The molecule has 0 radical (unpaired) electrons. The summed E-state index contributed by atoms with van der Waals surface area (Å²) >= 11 is 9.16. The Morgan fingerprint density at radius 2 is 1.85 bits per heavy atom. The highest BCUT2D eigenvalue weighted by Crippen LogP contribution is 2.43. The molecular weight excluding hydrogens is 255 g/mol. The monoisotopic (exact) mass is 264 g/mol. The van der Waals surface area contributed by atoms with Crippen molar-refractivity contribution in [2.24, 2.45) is 0 Å². The van der Waals surface area contributed by atoms with Crippen molar-refractivity contribution in [3.8, 4) is 11.5 Å². The largest absolute Gasteiger partial charge is 0.506 e. The van der Waals surface area contributed by atoms with Gasteiger partial charge >= 0.3 is 0 Å². The van der Waals surface area contributed by atoms with Crippen LogP contribution in [0, 0.1) is 13.8 Å². The summed E-state index contributed by atoms with van der Waals surface area (Å²) in [6, 6.07) is 0. The van der Waals surface area contributed by atoms with Gasteiger partial charge in [-0.3, -0.25) is 0 Å². The van der Waals surface area contributed by atoms with E-state index >= 15 is 0 Å². The Labute approximate surface area is 90.6 Å². The molecule has 0 bridgehead atoms. The quantitative estimate of drug-likeness (QED) is 0.843. The van der Waals surface area contributed by atoms with Crippen LogP contribution in [0.3, 0.4) is 0 Å². The van der Waals surface area contributed by atoms with Crippen LogP contribution in [0.25, 0.3) is 0 Å². The molecule has 4 heteroatoms. The Bertz CT molecular complexity index is 321. The number of phenolic OH excluding ortho intramolecular Hbond substituents is 1. The van der Waals surface area contributed by atoms with E-state index in [4.69, 9.17) is 16.3 Å². The lowest BCUT2D eigenvalue weighted by Gasteiger charge is -2.13. The standard InChI is InChI=1S/C9H10BrClO2/c1-4-7(11)6(10)8(12)5(2)9(4)13-3/h12H,1-3H3. The number of aromatic hydroxyl groups is 1. The van der Waals surface area contributed by atoms with Crippen LogP contribution in [0.2, 0.25) is 5.02 Å². The molecule has 0 saturated heterocycles. The van der Waals surface area contributed by atoms with Crippen LogP contribution in [0.1, 0.15) is 11.1 Å². The molecule has 0 aliphatic carbocycles. The minimum Gasteiger partial charge on any atom is -0.506 e. The predicted octanol–water partition coefficient (Wildman–Crippen LogP) is 3.43. The molecule has 0 spiro atoms. The lowest BCUT2D eigenvalue weighted by atomic mass is 10.1. The van der Waals surface area contributed by atoms with Crippen molar-refractivity contribution in [3.63, 3.8) is 0 Å². The summed E-state index contributed by atoms with van der Waals surface area (Å²) in [6.45, 7) is 3.63. The molecule has 0 fully saturated rings. The molecule has 0 atom stereocenters. The van der Waals surface area contributed by atoms with Crippen molar-refractivity contribution >= 4 is 27.5 Å². The van der Waals surface area contributed by atoms with Gasteiger partial charge in [0, 0.05) is 11.1 Å². The van der Waals surface area contributed by atoms with Crippen molar-refractivity contribution in [2.45, 2.75) is 13.8 Å². The summed E-state index contributed by atoms with van der Waals surface area (Å²) in [7, 11) is 1.55. The van der Waals surface area contributed by atoms with Crippen LogP contribution < -0.4 is 4.74 Å². The summed E-state index contributed by atoms with van der Waals surface area (Å²) in [5.74, 6) is 0.762. The first kappa shape index (κ1) is 10.7. The van der Waals surface area contributed by atoms with E-state index in [0.717, 1.165) is 5.56 Å². The Hall–Kier alpha value is -0.410. The molecule has 13 heavy (non-hydrogen) atoms. The Balaban J connectivity index is 3.56. The number of ether oxygens (including phenoxy) is 1. The maximum absolute atomic E-state index is 9.61. The first-order valence-electron chi connectivity index (χ1n) is 3.71. The normalized spacial score (nSPS) is 10.2. The molecule has 0 aliphatic heterocycles. The molecule has 0 heterocycles. The molecule has 0 aromatic heterocycles. The molecule has 1 aromatic carbocycles. The van der Waals surface area contributed by atoms with Crippen molar-refractivity contribution in [1.29, 1.82) is 0 Å². The van der Waals surface area contributed by atoms with E-state index in [0.29, 0.717) is 20.8 Å². The predicted molar refractivity (Wildman–Crippen MR) is 56.8 cm³/mol. The minimum atomic E-state index is 0.132. The van der Waals surface area contributed by atoms with Gasteiger partial charge in [0.15, 0.2) is 0 Å². The number of hydrogen-bond donors (Lipinski definition) is 1. The third kappa shape index (κ3) is 1.63. The number of halogens is 2. The van der Waals surface area contributed by atoms with Crippen molar-refractivity contribution < 1.29 is 9.84 Å². The van der Waals surface area contributed by atoms with E-state index in [1.165, 1.54) is 0 Å². The number of hydrogen-bond acceptors (Lipinski definition) is 2. The van der Waals surface area contributed by atoms with Crippen LogP contribution in [0.15, 0.2) is 4.47 Å². The molecule has 0 aliphatic rings. The number of benzene rings is 1. The number of methoxy groups -OCH3 is 1. The average molecular weight is 266 g/mol. The smallest absolute Gasteiger partial charge is 0.137 e. The molecule has 2 nitrogen and oxygen atoms in total. The molecule has 1 aromatic rings. The Morgan fingerprint density at radius 3 is 2.31 bits per heavy atom. The highest BCUT2D eigenvalue weighted by Gasteiger charge is 2.16. The van der Waals surface area contributed by atoms with E-state index in [-0.39, 0.29) is 5.75 Å². The summed E-state index contributed by atoms with van der Waals surface area (Å²) in [5.41, 5.74) is 1.52. The topological polar surface area (TPSA) is 29.5 Å². The van der Waals surface area contributed by atoms with Gasteiger partial charge in [-0.25, -0.2) is 0 Å². The maximum atomic E-state index is 9.61. The minimum absolute atomic E-state index is 0.132. The number of rotatable bonds is 1. The Morgan fingerprint density at radius 1 is 1.31 bits per heavy atom. The van der Waals surface area contributed by atoms with E-state index in [9.17, 15) is 5.11 Å². The molecule has 1 rings (SSSR count). The fraction of sp³-hybridized carbons (Fsp3) is 0.333. The molecule has 0 saturated carbocycles. The van der Waals surface area contributed by atoms with Gasteiger partial charge in [0.05, 0.1) is 16.6 Å². The van der Waals surface area contributed by atoms with Gasteiger partial charge < -0.3 is 9.84 Å². The van der Waals surface area contributed by atoms with Crippen molar-refractivity contribution in [3.05, 3.63) is 20.6 Å². The zero-order chi connectivity index (χ0) is 10.2. The van der Waals surface area contributed by atoms with E-state index in [2.05, 4.69) is 15.9 Å². The average Bonchev–Trinajstić information content (AvgIpc) is 2.13. The van der Waals surface area contributed by atoms with Crippen molar-refractivity contribution in [2.75, 3.05) is 7.11 Å². The SMILES string of the molecule is COc1c(C)c(O)c(Br)c(Cl)c1C. The van der Waals surface area contributed by atoms with E-state index in [1.54, 1.807) is 14.0 Å². The van der Waals surface area contributed by atoms with Crippen LogP contribution in [0.5, 0.6) is 11.5 Å². The van der Waals surface area contributed by atoms with E-state index in [1.807, 2.05) is 6.92 Å². The van der Waals surface area contributed by atoms with Crippen LogP contribution in [-0.2, 0) is 0 Å². The highest BCUT2D eigenvalue weighted by molar-refractivity contribution is 9.10. The van der Waals surface area contributed by atoms with Crippen LogP contribution in [-0.4, -0.2) is 12.2 Å². The lowest BCUT2D eigenvalue weighted by Crippen LogP contribution is -1.93. The van der Waals surface area contributed by atoms with Gasteiger partial charge in [-0.1, -0.05) is 11.6 Å². The summed E-state index contributed by atoms with van der Waals surface area (Å²) < 4.78 is 5.65. The zero-order valence-corrected chi connectivity index (χ0v) is 9.95. The number of phenols is 1. The fourth-order valence-electron chi connectivity index (χ4n) is 1.23. The molecule has 72 valence electrons. The second kappa shape index (κ2) is 3.76. The first-order chi connectivity index (χ1) is 6.00.